The number of nitrogens with zero attached hydrogens (tertiary/aromatic N) is 2. The summed E-state index contributed by atoms with van der Waals surface area (Å²) in [5, 5.41) is -0.667. The molecule has 0 aliphatic heterocycles. The van der Waals surface area contributed by atoms with E-state index in [0.717, 1.165) is 24.6 Å². The second kappa shape index (κ2) is 10.2. The minimum atomic E-state index is -1.15. The third-order valence-electron chi connectivity index (χ3n) is 3.62. The molecule has 1 aromatic heterocycles. The molecule has 0 aliphatic carbocycles. The predicted octanol–water partition coefficient (Wildman–Crippen LogP) is 2.50. The number of methoxy groups -OCH3 is 3. The molecule has 26 heavy (non-hydrogen) atoms. The standard InChI is InChI=1S/C17H26N2O6S/c1-7-8-9-25-14(20)13(17(2,3)15(21)24-6)26-16-18-11(22-4)10-12(19-16)23-5/h10,13H,7-9H2,1-6H3. The molecule has 0 amide bonds. The van der Waals surface area contributed by atoms with Crippen LogP contribution in [0.2, 0.25) is 0 Å². The van der Waals surface area contributed by atoms with Crippen LogP contribution in [0.4, 0.5) is 0 Å². The highest BCUT2D eigenvalue weighted by atomic mass is 32.2. The Morgan fingerprint density at radius 2 is 1.73 bits per heavy atom. The van der Waals surface area contributed by atoms with Gasteiger partial charge < -0.3 is 18.9 Å². The van der Waals surface area contributed by atoms with E-state index in [2.05, 4.69) is 9.97 Å². The highest BCUT2D eigenvalue weighted by molar-refractivity contribution is 8.00. The fourth-order valence-corrected chi connectivity index (χ4v) is 3.06. The van der Waals surface area contributed by atoms with E-state index in [1.807, 2.05) is 6.92 Å². The summed E-state index contributed by atoms with van der Waals surface area (Å²) in [6, 6.07) is 1.52. The highest BCUT2D eigenvalue weighted by Crippen LogP contribution is 2.37. The monoisotopic (exact) mass is 386 g/mol. The highest BCUT2D eigenvalue weighted by Gasteiger charge is 2.45. The number of rotatable bonds is 10. The molecule has 9 heteroatoms. The normalized spacial score (nSPS) is 12.2. The molecular weight excluding hydrogens is 360 g/mol. The molecule has 1 atom stereocenters. The largest absolute Gasteiger partial charge is 0.481 e. The molecule has 0 saturated heterocycles. The van der Waals surface area contributed by atoms with Crippen LogP contribution >= 0.6 is 11.8 Å². The van der Waals surface area contributed by atoms with Crippen LogP contribution in [0, 0.1) is 5.41 Å². The van der Waals surface area contributed by atoms with Gasteiger partial charge in [-0.1, -0.05) is 25.1 Å². The van der Waals surface area contributed by atoms with Gasteiger partial charge in [-0.2, -0.15) is 9.97 Å². The van der Waals surface area contributed by atoms with Crippen molar-refractivity contribution in [2.75, 3.05) is 27.9 Å². The van der Waals surface area contributed by atoms with Gasteiger partial charge in [0, 0.05) is 0 Å². The number of aromatic nitrogens is 2. The van der Waals surface area contributed by atoms with E-state index >= 15 is 0 Å². The number of unbranched alkanes of at least 4 members (excludes halogenated alkanes) is 1. The van der Waals surface area contributed by atoms with Crippen molar-refractivity contribution >= 4 is 23.7 Å². The van der Waals surface area contributed by atoms with Crippen molar-refractivity contribution in [3.05, 3.63) is 6.07 Å². The molecule has 0 N–H and O–H groups in total. The minimum Gasteiger partial charge on any atom is -0.481 e. The Hall–Kier alpha value is -2.03. The first-order valence-corrected chi connectivity index (χ1v) is 9.06. The summed E-state index contributed by atoms with van der Waals surface area (Å²) in [6.45, 7) is 5.52. The molecule has 146 valence electrons. The Balaban J connectivity index is 3.16. The van der Waals surface area contributed by atoms with Crippen LogP contribution in [0.5, 0.6) is 11.8 Å². The van der Waals surface area contributed by atoms with Crippen molar-refractivity contribution in [2.45, 2.75) is 44.0 Å². The number of thioether (sulfide) groups is 1. The van der Waals surface area contributed by atoms with Crippen LogP contribution in [0.25, 0.3) is 0 Å². The van der Waals surface area contributed by atoms with Crippen LogP contribution in [0.3, 0.4) is 0 Å². The topological polar surface area (TPSA) is 96.8 Å². The fourth-order valence-electron chi connectivity index (χ4n) is 2.00. The molecule has 1 unspecified atom stereocenters. The van der Waals surface area contributed by atoms with Gasteiger partial charge in [-0.25, -0.2) is 0 Å². The molecule has 0 radical (unpaired) electrons. The molecule has 0 aliphatic rings. The number of hydrogen-bond donors (Lipinski definition) is 0. The van der Waals surface area contributed by atoms with Gasteiger partial charge in [0.1, 0.15) is 5.25 Å². The van der Waals surface area contributed by atoms with Gasteiger partial charge in [0.05, 0.1) is 39.4 Å². The van der Waals surface area contributed by atoms with Gasteiger partial charge in [-0.3, -0.25) is 9.59 Å². The summed E-state index contributed by atoms with van der Waals surface area (Å²) in [5.74, 6) is -0.483. The lowest BCUT2D eigenvalue weighted by molar-refractivity contribution is -0.157. The maximum absolute atomic E-state index is 12.6. The van der Waals surface area contributed by atoms with E-state index in [1.165, 1.54) is 27.4 Å². The first-order chi connectivity index (χ1) is 12.3. The summed E-state index contributed by atoms with van der Waals surface area (Å²) in [4.78, 5) is 33.3. The lowest BCUT2D eigenvalue weighted by atomic mass is 9.89. The second-order valence-electron chi connectivity index (χ2n) is 5.97. The van der Waals surface area contributed by atoms with E-state index in [1.54, 1.807) is 13.8 Å². The van der Waals surface area contributed by atoms with Crippen LogP contribution in [-0.2, 0) is 19.1 Å². The lowest BCUT2D eigenvalue weighted by Crippen LogP contribution is -2.42. The molecule has 1 heterocycles. The van der Waals surface area contributed by atoms with Gasteiger partial charge in [-0.05, 0) is 20.3 Å². The summed E-state index contributed by atoms with van der Waals surface area (Å²) >= 11 is 1.01. The van der Waals surface area contributed by atoms with Crippen molar-refractivity contribution in [1.29, 1.82) is 0 Å². The van der Waals surface area contributed by atoms with Crippen molar-refractivity contribution in [3.8, 4) is 11.8 Å². The van der Waals surface area contributed by atoms with Crippen molar-refractivity contribution < 1.29 is 28.5 Å². The van der Waals surface area contributed by atoms with Gasteiger partial charge in [-0.15, -0.1) is 0 Å². The number of esters is 2. The van der Waals surface area contributed by atoms with E-state index < -0.39 is 22.6 Å². The zero-order chi connectivity index (χ0) is 19.7. The molecule has 8 nitrogen and oxygen atoms in total. The number of ether oxygens (including phenoxy) is 4. The molecule has 0 aromatic carbocycles. The van der Waals surface area contributed by atoms with Gasteiger partial charge in [0.2, 0.25) is 11.8 Å². The summed E-state index contributed by atoms with van der Waals surface area (Å²) < 4.78 is 20.4. The smallest absolute Gasteiger partial charge is 0.320 e. The quantitative estimate of drug-likeness (QED) is 0.260. The molecule has 0 fully saturated rings. The molecule has 0 spiro atoms. The summed E-state index contributed by atoms with van der Waals surface area (Å²) in [5.41, 5.74) is -1.15. The van der Waals surface area contributed by atoms with Crippen LogP contribution in [0.1, 0.15) is 33.6 Å². The predicted molar refractivity (Wildman–Crippen MR) is 96.4 cm³/mol. The molecule has 0 bridgehead atoms. The Morgan fingerprint density at radius 1 is 1.15 bits per heavy atom. The number of carbonyl (C=O) groups excluding carboxylic acids is 2. The molecule has 0 saturated carbocycles. The SMILES string of the molecule is CCCCOC(=O)C(Sc1nc(OC)cc(OC)n1)C(C)(C)C(=O)OC. The van der Waals surface area contributed by atoms with Gasteiger partial charge in [0.15, 0.2) is 5.16 Å². The van der Waals surface area contributed by atoms with Gasteiger partial charge in [0.25, 0.3) is 0 Å². The number of hydrogen-bond acceptors (Lipinski definition) is 9. The minimum absolute atomic E-state index is 0.232. The van der Waals surface area contributed by atoms with Crippen molar-refractivity contribution in [3.63, 3.8) is 0 Å². The Bertz CT molecular complexity index is 601. The number of carbonyl (C=O) groups is 2. The first kappa shape index (κ1) is 22.0. The average Bonchev–Trinajstić information content (AvgIpc) is 2.64. The Morgan fingerprint density at radius 3 is 2.19 bits per heavy atom. The van der Waals surface area contributed by atoms with E-state index in [9.17, 15) is 9.59 Å². The van der Waals surface area contributed by atoms with Crippen LogP contribution in [-0.4, -0.2) is 55.1 Å². The van der Waals surface area contributed by atoms with Gasteiger partial charge >= 0.3 is 11.9 Å². The fraction of sp³-hybridized carbons (Fsp3) is 0.647. The Labute approximate surface area is 158 Å². The van der Waals surface area contributed by atoms with Crippen molar-refractivity contribution in [1.82, 2.24) is 9.97 Å². The van der Waals surface area contributed by atoms with E-state index in [0.29, 0.717) is 0 Å². The maximum Gasteiger partial charge on any atom is 0.320 e. The van der Waals surface area contributed by atoms with E-state index in [-0.39, 0.29) is 23.5 Å². The summed E-state index contributed by atoms with van der Waals surface area (Å²) in [7, 11) is 4.20. The lowest BCUT2D eigenvalue weighted by Gasteiger charge is -2.29. The Kier molecular flexibility index (Phi) is 8.64. The zero-order valence-electron chi connectivity index (χ0n) is 16.0. The third-order valence-corrected chi connectivity index (χ3v) is 5.03. The maximum atomic E-state index is 12.6. The van der Waals surface area contributed by atoms with Crippen LogP contribution in [0.15, 0.2) is 11.2 Å². The zero-order valence-corrected chi connectivity index (χ0v) is 16.8. The van der Waals surface area contributed by atoms with Crippen molar-refractivity contribution in [2.24, 2.45) is 5.41 Å². The molecule has 1 rings (SSSR count). The third kappa shape index (κ3) is 5.76. The molecular formula is C17H26N2O6S. The van der Waals surface area contributed by atoms with E-state index in [4.69, 9.17) is 18.9 Å². The first-order valence-electron chi connectivity index (χ1n) is 8.18. The van der Waals surface area contributed by atoms with Crippen LogP contribution < -0.4 is 9.47 Å². The second-order valence-corrected chi connectivity index (χ2v) is 7.04. The summed E-state index contributed by atoms with van der Waals surface area (Å²) in [6.07, 6.45) is 1.63. The molecule has 1 aromatic rings. The average molecular weight is 386 g/mol.